The molecule has 1 aromatic carbocycles. The Kier molecular flexibility index (Phi) is 5.17. The number of hydrogen-bond acceptors (Lipinski definition) is 2. The fourth-order valence-electron chi connectivity index (χ4n) is 4.93. The molecule has 2 aliphatic carbocycles. The third kappa shape index (κ3) is 3.85. The van der Waals surface area contributed by atoms with Crippen LogP contribution in [0.3, 0.4) is 0 Å². The standard InChI is InChI=1S/C21H28BrF2NO/c1-15-4-5-17(19(22)9-15)12-25(13-18-3-2-8-26-18)11-16-6-7-20(10-16)14-21(20,23)24/h4-5,9,16,18H,2-3,6-8,10-14H2,1H3. The molecule has 2 nitrogen and oxygen atoms in total. The first-order chi connectivity index (χ1) is 12.4. The second-order valence-electron chi connectivity index (χ2n) is 8.69. The molecule has 5 heteroatoms. The molecule has 3 unspecified atom stereocenters. The molecule has 0 bridgehead atoms. The summed E-state index contributed by atoms with van der Waals surface area (Å²) in [7, 11) is 0. The van der Waals surface area contributed by atoms with Crippen LogP contribution in [-0.2, 0) is 11.3 Å². The zero-order valence-electron chi connectivity index (χ0n) is 15.4. The van der Waals surface area contributed by atoms with Crippen LogP contribution in [0.2, 0.25) is 0 Å². The number of rotatable bonds is 6. The fraction of sp³-hybridized carbons (Fsp3) is 0.714. The highest BCUT2D eigenvalue weighted by Gasteiger charge is 2.72. The van der Waals surface area contributed by atoms with E-state index in [9.17, 15) is 8.78 Å². The van der Waals surface area contributed by atoms with Crippen molar-refractivity contribution in [3.05, 3.63) is 33.8 Å². The first-order valence-electron chi connectivity index (χ1n) is 9.84. The Bertz CT molecular complexity index is 661. The third-order valence-electron chi connectivity index (χ3n) is 6.53. The van der Waals surface area contributed by atoms with Crippen molar-refractivity contribution in [1.82, 2.24) is 4.90 Å². The van der Waals surface area contributed by atoms with Crippen molar-refractivity contribution in [3.8, 4) is 0 Å². The molecule has 1 aliphatic heterocycles. The minimum Gasteiger partial charge on any atom is -0.377 e. The second kappa shape index (κ2) is 7.14. The zero-order valence-corrected chi connectivity index (χ0v) is 17.0. The molecule has 1 saturated heterocycles. The lowest BCUT2D eigenvalue weighted by Gasteiger charge is -2.28. The van der Waals surface area contributed by atoms with E-state index in [1.807, 2.05) is 0 Å². The molecule has 4 rings (SSSR count). The largest absolute Gasteiger partial charge is 0.377 e. The lowest BCUT2D eigenvalue weighted by Crippen LogP contribution is -2.35. The van der Waals surface area contributed by atoms with E-state index in [1.165, 1.54) is 11.1 Å². The van der Waals surface area contributed by atoms with Gasteiger partial charge in [0.1, 0.15) is 0 Å². The van der Waals surface area contributed by atoms with E-state index >= 15 is 0 Å². The van der Waals surface area contributed by atoms with E-state index in [4.69, 9.17) is 4.74 Å². The normalized spacial score (nSPS) is 32.7. The average Bonchev–Trinajstić information content (AvgIpc) is 2.98. The minimum atomic E-state index is -2.40. The van der Waals surface area contributed by atoms with Crippen LogP contribution in [0.25, 0.3) is 0 Å². The predicted octanol–water partition coefficient (Wildman–Crippen LogP) is 5.56. The van der Waals surface area contributed by atoms with Crippen molar-refractivity contribution in [3.63, 3.8) is 0 Å². The van der Waals surface area contributed by atoms with E-state index in [2.05, 4.69) is 46.0 Å². The quantitative estimate of drug-likeness (QED) is 0.588. The summed E-state index contributed by atoms with van der Waals surface area (Å²) < 4.78 is 34.4. The van der Waals surface area contributed by atoms with Crippen molar-refractivity contribution < 1.29 is 13.5 Å². The number of ether oxygens (including phenoxy) is 1. The lowest BCUT2D eigenvalue weighted by atomic mass is 10.0. The van der Waals surface area contributed by atoms with Crippen LogP contribution in [0, 0.1) is 18.3 Å². The number of halogens is 3. The Morgan fingerprint density at radius 1 is 1.27 bits per heavy atom. The smallest absolute Gasteiger partial charge is 0.254 e. The van der Waals surface area contributed by atoms with Crippen molar-refractivity contribution in [2.75, 3.05) is 19.7 Å². The maximum atomic E-state index is 13.7. The Balaban J connectivity index is 1.42. The van der Waals surface area contributed by atoms with Crippen LogP contribution in [0.5, 0.6) is 0 Å². The Hall–Kier alpha value is -0.520. The van der Waals surface area contributed by atoms with E-state index < -0.39 is 11.3 Å². The van der Waals surface area contributed by atoms with Gasteiger partial charge in [0.15, 0.2) is 0 Å². The van der Waals surface area contributed by atoms with Gasteiger partial charge >= 0.3 is 0 Å². The molecule has 2 saturated carbocycles. The molecule has 144 valence electrons. The molecule has 0 radical (unpaired) electrons. The average molecular weight is 428 g/mol. The number of hydrogen-bond donors (Lipinski definition) is 0. The molecule has 3 atom stereocenters. The molecule has 1 heterocycles. The number of benzene rings is 1. The molecule has 26 heavy (non-hydrogen) atoms. The first-order valence-corrected chi connectivity index (χ1v) is 10.6. The zero-order chi connectivity index (χ0) is 18.4. The molecule has 3 aliphatic rings. The Labute approximate surface area is 163 Å². The summed E-state index contributed by atoms with van der Waals surface area (Å²) in [5, 5.41) is 0. The SMILES string of the molecule is Cc1ccc(CN(CC2CCC3(C2)CC3(F)F)CC2CCCO2)c(Br)c1. The van der Waals surface area contributed by atoms with Crippen LogP contribution in [0.1, 0.15) is 49.7 Å². The van der Waals surface area contributed by atoms with E-state index in [0.717, 1.165) is 50.0 Å². The van der Waals surface area contributed by atoms with Crippen LogP contribution >= 0.6 is 15.9 Å². The van der Waals surface area contributed by atoms with Gasteiger partial charge in [-0.3, -0.25) is 4.90 Å². The van der Waals surface area contributed by atoms with Gasteiger partial charge in [0, 0.05) is 42.5 Å². The van der Waals surface area contributed by atoms with Gasteiger partial charge in [-0.1, -0.05) is 28.1 Å². The molecule has 1 aromatic rings. The monoisotopic (exact) mass is 427 g/mol. The van der Waals surface area contributed by atoms with Gasteiger partial charge in [0.2, 0.25) is 0 Å². The molecular formula is C21H28BrF2NO. The maximum Gasteiger partial charge on any atom is 0.254 e. The summed E-state index contributed by atoms with van der Waals surface area (Å²) in [6.45, 7) is 5.59. The van der Waals surface area contributed by atoms with Crippen molar-refractivity contribution in [1.29, 1.82) is 0 Å². The highest BCUT2D eigenvalue weighted by Crippen LogP contribution is 2.69. The van der Waals surface area contributed by atoms with Gasteiger partial charge in [-0.05, 0) is 62.1 Å². The van der Waals surface area contributed by atoms with Crippen molar-refractivity contribution in [2.24, 2.45) is 11.3 Å². The third-order valence-corrected chi connectivity index (χ3v) is 7.26. The number of alkyl halides is 2. The van der Waals surface area contributed by atoms with Gasteiger partial charge in [-0.2, -0.15) is 0 Å². The first kappa shape index (κ1) is 18.8. The number of aryl methyl sites for hydroxylation is 1. The van der Waals surface area contributed by atoms with Gasteiger partial charge in [0.25, 0.3) is 5.92 Å². The van der Waals surface area contributed by atoms with Gasteiger partial charge in [-0.25, -0.2) is 8.78 Å². The molecule has 0 N–H and O–H groups in total. The van der Waals surface area contributed by atoms with E-state index in [-0.39, 0.29) is 12.5 Å². The molecule has 3 fully saturated rings. The van der Waals surface area contributed by atoms with Crippen molar-refractivity contribution >= 4 is 15.9 Å². The molecule has 1 spiro atoms. The lowest BCUT2D eigenvalue weighted by molar-refractivity contribution is 0.0563. The Morgan fingerprint density at radius 3 is 2.69 bits per heavy atom. The highest BCUT2D eigenvalue weighted by atomic mass is 79.9. The summed E-state index contributed by atoms with van der Waals surface area (Å²) in [6.07, 6.45) is 4.98. The van der Waals surface area contributed by atoms with Crippen LogP contribution in [-0.4, -0.2) is 36.6 Å². The van der Waals surface area contributed by atoms with Crippen LogP contribution in [0.4, 0.5) is 8.78 Å². The second-order valence-corrected chi connectivity index (χ2v) is 9.55. The fourth-order valence-corrected chi connectivity index (χ4v) is 5.55. The summed E-state index contributed by atoms with van der Waals surface area (Å²) in [4.78, 5) is 2.44. The van der Waals surface area contributed by atoms with Gasteiger partial charge < -0.3 is 4.74 Å². The van der Waals surface area contributed by atoms with Crippen LogP contribution < -0.4 is 0 Å². The summed E-state index contributed by atoms with van der Waals surface area (Å²) in [5.41, 5.74) is 1.84. The molecular weight excluding hydrogens is 400 g/mol. The molecule has 0 aromatic heterocycles. The van der Waals surface area contributed by atoms with E-state index in [1.54, 1.807) is 0 Å². The minimum absolute atomic E-state index is 0.117. The van der Waals surface area contributed by atoms with Gasteiger partial charge in [-0.15, -0.1) is 0 Å². The Morgan fingerprint density at radius 2 is 2.08 bits per heavy atom. The summed E-state index contributed by atoms with van der Waals surface area (Å²) in [5.74, 6) is -2.02. The maximum absolute atomic E-state index is 13.7. The summed E-state index contributed by atoms with van der Waals surface area (Å²) >= 11 is 3.69. The number of nitrogens with zero attached hydrogens (tertiary/aromatic N) is 1. The molecule has 0 amide bonds. The highest BCUT2D eigenvalue weighted by molar-refractivity contribution is 9.10. The van der Waals surface area contributed by atoms with Crippen LogP contribution in [0.15, 0.2) is 22.7 Å². The summed E-state index contributed by atoms with van der Waals surface area (Å²) in [6, 6.07) is 6.46. The topological polar surface area (TPSA) is 12.5 Å². The van der Waals surface area contributed by atoms with E-state index in [0.29, 0.717) is 18.8 Å². The van der Waals surface area contributed by atoms with Gasteiger partial charge in [0.05, 0.1) is 6.10 Å². The van der Waals surface area contributed by atoms with Crippen molar-refractivity contribution in [2.45, 2.75) is 64.0 Å². The predicted molar refractivity (Wildman–Crippen MR) is 102 cm³/mol.